The highest BCUT2D eigenvalue weighted by atomic mass is 32.2. The number of rotatable bonds is 6. The number of nitrogens with zero attached hydrogens (tertiary/aromatic N) is 2. The summed E-state index contributed by atoms with van der Waals surface area (Å²) in [5.41, 5.74) is 4.99. The van der Waals surface area contributed by atoms with Gasteiger partial charge in [0.25, 0.3) is 21.8 Å². The van der Waals surface area contributed by atoms with Gasteiger partial charge >= 0.3 is 0 Å². The van der Waals surface area contributed by atoms with Crippen LogP contribution in [0, 0.1) is 0 Å². The lowest BCUT2D eigenvalue weighted by atomic mass is 10.0. The SMILES string of the molecule is CN(C)NC(=O)c1ccsc1NC(=O)c1ccc(S(=O)(=O)N2CCCc3ccccc32)cc1. The molecule has 1 aliphatic rings. The summed E-state index contributed by atoms with van der Waals surface area (Å²) < 4.78 is 28.0. The predicted octanol–water partition coefficient (Wildman–Crippen LogP) is 3.35. The topological polar surface area (TPSA) is 98.8 Å². The van der Waals surface area contributed by atoms with Gasteiger partial charge in [-0.25, -0.2) is 13.4 Å². The Labute approximate surface area is 196 Å². The van der Waals surface area contributed by atoms with E-state index in [1.807, 2.05) is 24.3 Å². The molecule has 1 aliphatic heterocycles. The Bertz CT molecular complexity index is 1280. The van der Waals surface area contributed by atoms with Crippen molar-refractivity contribution >= 4 is 43.9 Å². The number of carbonyl (C=O) groups excluding carboxylic acids is 2. The van der Waals surface area contributed by atoms with Crippen molar-refractivity contribution in [3.05, 3.63) is 76.7 Å². The van der Waals surface area contributed by atoms with E-state index in [2.05, 4.69) is 10.7 Å². The van der Waals surface area contributed by atoms with E-state index in [4.69, 9.17) is 0 Å². The normalized spacial score (nSPS) is 13.5. The number of hydrogen-bond acceptors (Lipinski definition) is 6. The number of sulfonamides is 1. The van der Waals surface area contributed by atoms with Crippen molar-refractivity contribution in [3.63, 3.8) is 0 Å². The van der Waals surface area contributed by atoms with Crippen LogP contribution in [0.1, 0.15) is 32.7 Å². The molecule has 0 fully saturated rings. The molecule has 0 bridgehead atoms. The van der Waals surface area contributed by atoms with Crippen molar-refractivity contribution in [2.75, 3.05) is 30.3 Å². The van der Waals surface area contributed by atoms with Crippen LogP contribution in [-0.2, 0) is 16.4 Å². The first-order chi connectivity index (χ1) is 15.8. The van der Waals surface area contributed by atoms with E-state index in [0.717, 1.165) is 18.4 Å². The Hall–Kier alpha value is -3.21. The fourth-order valence-electron chi connectivity index (χ4n) is 3.68. The number of fused-ring (bicyclic) bond motifs is 1. The highest BCUT2D eigenvalue weighted by Crippen LogP contribution is 2.32. The second-order valence-corrected chi connectivity index (χ2v) is 10.6. The second-order valence-electron chi connectivity index (χ2n) is 7.79. The van der Waals surface area contributed by atoms with Crippen molar-refractivity contribution in [1.82, 2.24) is 10.4 Å². The summed E-state index contributed by atoms with van der Waals surface area (Å²) in [4.78, 5) is 25.1. The summed E-state index contributed by atoms with van der Waals surface area (Å²) in [7, 11) is -0.361. The van der Waals surface area contributed by atoms with E-state index in [1.54, 1.807) is 25.5 Å². The van der Waals surface area contributed by atoms with Gasteiger partial charge in [-0.05, 0) is 60.2 Å². The van der Waals surface area contributed by atoms with Gasteiger partial charge in [0.15, 0.2) is 0 Å². The zero-order chi connectivity index (χ0) is 23.6. The van der Waals surface area contributed by atoms with E-state index < -0.39 is 15.9 Å². The first-order valence-electron chi connectivity index (χ1n) is 10.4. The lowest BCUT2D eigenvalue weighted by Gasteiger charge is -2.30. The average molecular weight is 485 g/mol. The highest BCUT2D eigenvalue weighted by molar-refractivity contribution is 7.92. The maximum absolute atomic E-state index is 13.3. The van der Waals surface area contributed by atoms with Crippen molar-refractivity contribution < 1.29 is 18.0 Å². The summed E-state index contributed by atoms with van der Waals surface area (Å²) in [5.74, 6) is -0.761. The highest BCUT2D eigenvalue weighted by Gasteiger charge is 2.29. The lowest BCUT2D eigenvalue weighted by molar-refractivity contribution is 0.0858. The molecule has 0 atom stereocenters. The molecule has 33 heavy (non-hydrogen) atoms. The number of para-hydroxylation sites is 1. The smallest absolute Gasteiger partial charge is 0.268 e. The molecule has 172 valence electrons. The van der Waals surface area contributed by atoms with Gasteiger partial charge in [-0.2, -0.15) is 0 Å². The molecule has 0 unspecified atom stereocenters. The third-order valence-corrected chi connectivity index (χ3v) is 7.89. The van der Waals surface area contributed by atoms with E-state index in [-0.39, 0.29) is 10.8 Å². The number of benzene rings is 2. The summed E-state index contributed by atoms with van der Waals surface area (Å²) >= 11 is 1.23. The monoisotopic (exact) mass is 484 g/mol. The summed E-state index contributed by atoms with van der Waals surface area (Å²) in [6.07, 6.45) is 1.60. The van der Waals surface area contributed by atoms with Crippen LogP contribution < -0.4 is 15.0 Å². The number of aryl methyl sites for hydroxylation is 1. The first-order valence-corrected chi connectivity index (χ1v) is 12.7. The Kier molecular flexibility index (Phi) is 6.50. The second kappa shape index (κ2) is 9.34. The molecule has 8 nitrogen and oxygen atoms in total. The number of thiophene rings is 1. The van der Waals surface area contributed by atoms with Crippen LogP contribution >= 0.6 is 11.3 Å². The molecule has 0 spiro atoms. The van der Waals surface area contributed by atoms with Crippen LogP contribution in [0.3, 0.4) is 0 Å². The molecule has 0 radical (unpaired) electrons. The molecule has 1 aromatic heterocycles. The molecule has 2 N–H and O–H groups in total. The predicted molar refractivity (Wildman–Crippen MR) is 129 cm³/mol. The molecule has 2 amide bonds. The van der Waals surface area contributed by atoms with Gasteiger partial charge in [0.1, 0.15) is 5.00 Å². The molecule has 0 saturated heterocycles. The molecule has 0 saturated carbocycles. The van der Waals surface area contributed by atoms with Crippen LogP contribution in [0.4, 0.5) is 10.7 Å². The molecular weight excluding hydrogens is 460 g/mol. The van der Waals surface area contributed by atoms with Crippen LogP contribution in [0.25, 0.3) is 0 Å². The third-order valence-electron chi connectivity index (χ3n) is 5.23. The maximum atomic E-state index is 13.3. The van der Waals surface area contributed by atoms with Gasteiger partial charge < -0.3 is 5.32 Å². The van der Waals surface area contributed by atoms with Crippen molar-refractivity contribution in [2.45, 2.75) is 17.7 Å². The molecular formula is C23H24N4O4S2. The molecule has 0 aliphatic carbocycles. The van der Waals surface area contributed by atoms with E-state index in [0.29, 0.717) is 28.4 Å². The summed E-state index contributed by atoms with van der Waals surface area (Å²) in [6, 6.07) is 15.0. The quantitative estimate of drug-likeness (QED) is 0.523. The summed E-state index contributed by atoms with van der Waals surface area (Å²) in [5, 5.41) is 6.39. The fraction of sp³-hybridized carbons (Fsp3) is 0.217. The number of anilines is 2. The van der Waals surface area contributed by atoms with Gasteiger partial charge in [-0.3, -0.25) is 19.3 Å². The third kappa shape index (κ3) is 4.77. The van der Waals surface area contributed by atoms with Crippen LogP contribution in [0.5, 0.6) is 0 Å². The fourth-order valence-corrected chi connectivity index (χ4v) is 6.00. The van der Waals surface area contributed by atoms with E-state index >= 15 is 0 Å². The Balaban J connectivity index is 1.52. The maximum Gasteiger partial charge on any atom is 0.268 e. The number of amides is 2. The molecule has 2 heterocycles. The van der Waals surface area contributed by atoms with Crippen molar-refractivity contribution in [3.8, 4) is 0 Å². The van der Waals surface area contributed by atoms with Crippen LogP contribution in [0.15, 0.2) is 64.9 Å². The minimum Gasteiger partial charge on any atom is -0.313 e. The standard InChI is InChI=1S/C23H24N4O4S2/c1-26(2)25-22(29)19-13-15-32-23(19)24-21(28)17-9-11-18(12-10-17)33(30,31)27-14-5-7-16-6-3-4-8-20(16)27/h3-4,6,8-13,15H,5,7,14H2,1-2H3,(H,24,28)(H,25,29). The minimum absolute atomic E-state index is 0.123. The number of nitrogens with one attached hydrogen (secondary N) is 2. The molecule has 3 aromatic rings. The zero-order valence-electron chi connectivity index (χ0n) is 18.2. The van der Waals surface area contributed by atoms with Gasteiger partial charge in [0.2, 0.25) is 0 Å². The lowest BCUT2D eigenvalue weighted by Crippen LogP contribution is -2.36. The minimum atomic E-state index is -3.75. The summed E-state index contributed by atoms with van der Waals surface area (Å²) in [6.45, 7) is 0.414. The first kappa shape index (κ1) is 23.0. The Morgan fingerprint density at radius 2 is 1.73 bits per heavy atom. The number of carbonyl (C=O) groups is 2. The van der Waals surface area contributed by atoms with Crippen molar-refractivity contribution in [2.24, 2.45) is 0 Å². The van der Waals surface area contributed by atoms with Gasteiger partial charge in [0, 0.05) is 26.2 Å². The number of hydrogen-bond donors (Lipinski definition) is 2. The van der Waals surface area contributed by atoms with Gasteiger partial charge in [-0.15, -0.1) is 11.3 Å². The van der Waals surface area contributed by atoms with Gasteiger partial charge in [-0.1, -0.05) is 18.2 Å². The van der Waals surface area contributed by atoms with Gasteiger partial charge in [0.05, 0.1) is 16.1 Å². The zero-order valence-corrected chi connectivity index (χ0v) is 19.9. The van der Waals surface area contributed by atoms with E-state index in [1.165, 1.54) is 44.9 Å². The largest absolute Gasteiger partial charge is 0.313 e. The average Bonchev–Trinajstić information content (AvgIpc) is 3.26. The molecule has 4 rings (SSSR count). The molecule has 2 aromatic carbocycles. The van der Waals surface area contributed by atoms with E-state index in [9.17, 15) is 18.0 Å². The Morgan fingerprint density at radius 1 is 1.00 bits per heavy atom. The Morgan fingerprint density at radius 3 is 2.45 bits per heavy atom. The van der Waals surface area contributed by atoms with Crippen molar-refractivity contribution in [1.29, 1.82) is 0 Å². The molecule has 10 heteroatoms. The number of hydrazine groups is 1. The van der Waals surface area contributed by atoms with Crippen LogP contribution in [-0.4, -0.2) is 45.9 Å². The van der Waals surface area contributed by atoms with Crippen LogP contribution in [0.2, 0.25) is 0 Å².